The van der Waals surface area contributed by atoms with Crippen LogP contribution in [0.25, 0.3) is 11.0 Å². The van der Waals surface area contributed by atoms with Gasteiger partial charge in [0.1, 0.15) is 5.65 Å². The quantitative estimate of drug-likeness (QED) is 0.744. The van der Waals surface area contributed by atoms with Gasteiger partial charge in [-0.1, -0.05) is 6.92 Å². The summed E-state index contributed by atoms with van der Waals surface area (Å²) in [7, 11) is -3.17. The number of aliphatic hydroxyl groups is 1. The van der Waals surface area contributed by atoms with Gasteiger partial charge in [-0.2, -0.15) is 4.98 Å². The molecule has 2 aromatic rings. The number of pyridine rings is 1. The maximum atomic E-state index is 12.8. The van der Waals surface area contributed by atoms with E-state index in [1.54, 1.807) is 16.8 Å². The van der Waals surface area contributed by atoms with Crippen molar-refractivity contribution in [3.05, 3.63) is 28.7 Å². The highest BCUT2D eigenvalue weighted by molar-refractivity contribution is 7.88. The van der Waals surface area contributed by atoms with Gasteiger partial charge >= 0.3 is 0 Å². The fourth-order valence-corrected chi connectivity index (χ4v) is 5.45. The molecule has 3 atom stereocenters. The van der Waals surface area contributed by atoms with Gasteiger partial charge in [0.05, 0.1) is 12.4 Å². The molecule has 0 bridgehead atoms. The summed E-state index contributed by atoms with van der Waals surface area (Å²) in [5.41, 5.74) is 0.444. The Bertz CT molecular complexity index is 1080. The van der Waals surface area contributed by atoms with E-state index in [1.807, 2.05) is 0 Å². The van der Waals surface area contributed by atoms with Crippen molar-refractivity contribution in [1.82, 2.24) is 18.8 Å². The van der Waals surface area contributed by atoms with Gasteiger partial charge in [0.2, 0.25) is 16.0 Å². The van der Waals surface area contributed by atoms with Crippen LogP contribution in [0.5, 0.6) is 0 Å². The van der Waals surface area contributed by atoms with Crippen molar-refractivity contribution in [3.8, 4) is 0 Å². The summed E-state index contributed by atoms with van der Waals surface area (Å²) >= 11 is 0. The van der Waals surface area contributed by atoms with Gasteiger partial charge < -0.3 is 10.4 Å². The number of rotatable bonds is 4. The molecule has 0 radical (unpaired) electrons. The van der Waals surface area contributed by atoms with Gasteiger partial charge in [0.25, 0.3) is 5.56 Å². The van der Waals surface area contributed by atoms with Crippen molar-refractivity contribution < 1.29 is 13.5 Å². The smallest absolute Gasteiger partial charge is 0.252 e. The SMILES string of the molecule is C[C@H]1CC[C@@H](O)C[C@@H]1n1c(=O)ccc2cnc(NC3CCN(S(C)(=O)=O)CC3)nc21. The molecule has 3 heterocycles. The number of hydrogen-bond acceptors (Lipinski definition) is 7. The van der Waals surface area contributed by atoms with Crippen LogP contribution in [0.2, 0.25) is 0 Å². The number of nitrogens with zero attached hydrogens (tertiary/aromatic N) is 4. The zero-order valence-corrected chi connectivity index (χ0v) is 18.2. The number of aromatic nitrogens is 3. The molecule has 2 aromatic heterocycles. The van der Waals surface area contributed by atoms with E-state index in [-0.39, 0.29) is 23.6 Å². The van der Waals surface area contributed by atoms with Crippen LogP contribution in [0.1, 0.15) is 45.1 Å². The fourth-order valence-electron chi connectivity index (χ4n) is 4.58. The molecular weight excluding hydrogens is 406 g/mol. The van der Waals surface area contributed by atoms with E-state index < -0.39 is 16.1 Å². The second-order valence-electron chi connectivity index (χ2n) is 8.61. The summed E-state index contributed by atoms with van der Waals surface area (Å²) in [6, 6.07) is 3.23. The third-order valence-electron chi connectivity index (χ3n) is 6.38. The molecule has 10 heteroatoms. The Morgan fingerprint density at radius 2 is 1.90 bits per heavy atom. The minimum Gasteiger partial charge on any atom is -0.393 e. The lowest BCUT2D eigenvalue weighted by molar-refractivity contribution is 0.0781. The summed E-state index contributed by atoms with van der Waals surface area (Å²) in [5, 5.41) is 14.2. The first-order valence-corrected chi connectivity index (χ1v) is 12.3. The molecule has 0 amide bonds. The van der Waals surface area contributed by atoms with Gasteiger partial charge in [0.15, 0.2) is 0 Å². The normalized spacial score (nSPS) is 26.7. The Morgan fingerprint density at radius 1 is 1.17 bits per heavy atom. The predicted molar refractivity (Wildman–Crippen MR) is 115 cm³/mol. The van der Waals surface area contributed by atoms with E-state index in [9.17, 15) is 18.3 Å². The number of nitrogens with one attached hydrogen (secondary N) is 1. The van der Waals surface area contributed by atoms with Crippen molar-refractivity contribution >= 4 is 27.0 Å². The van der Waals surface area contributed by atoms with E-state index in [4.69, 9.17) is 0 Å². The van der Waals surface area contributed by atoms with Crippen molar-refractivity contribution in [1.29, 1.82) is 0 Å². The summed E-state index contributed by atoms with van der Waals surface area (Å²) in [6.07, 6.45) is 6.02. The number of anilines is 1. The molecular formula is C20H29N5O4S. The Kier molecular flexibility index (Phi) is 5.82. The standard InChI is InChI=1S/C20H29N5O4S/c1-13-3-5-16(26)11-17(13)25-18(27)6-4-14-12-21-20(23-19(14)25)22-15-7-9-24(10-8-15)30(2,28)29/h4,6,12-13,15-17,26H,3,5,7-11H2,1-2H3,(H,21,22,23)/t13-,16+,17-/m0/s1. The van der Waals surface area contributed by atoms with E-state index in [2.05, 4.69) is 22.2 Å². The average Bonchev–Trinajstić information content (AvgIpc) is 2.70. The number of fused-ring (bicyclic) bond motifs is 1. The predicted octanol–water partition coefficient (Wildman–Crippen LogP) is 1.35. The van der Waals surface area contributed by atoms with Crippen molar-refractivity contribution in [3.63, 3.8) is 0 Å². The first kappa shape index (κ1) is 21.2. The first-order valence-electron chi connectivity index (χ1n) is 10.5. The van der Waals surface area contributed by atoms with Crippen molar-refractivity contribution in [2.24, 2.45) is 5.92 Å². The maximum Gasteiger partial charge on any atom is 0.252 e. The van der Waals surface area contributed by atoms with Gasteiger partial charge in [-0.05, 0) is 44.1 Å². The highest BCUT2D eigenvalue weighted by Crippen LogP contribution is 2.34. The molecule has 9 nitrogen and oxygen atoms in total. The van der Waals surface area contributed by atoms with Gasteiger partial charge in [0, 0.05) is 42.8 Å². The molecule has 0 unspecified atom stereocenters. The number of sulfonamides is 1. The second-order valence-corrected chi connectivity index (χ2v) is 10.6. The summed E-state index contributed by atoms with van der Waals surface area (Å²) < 4.78 is 26.6. The molecule has 2 N–H and O–H groups in total. The van der Waals surface area contributed by atoms with Gasteiger partial charge in [-0.15, -0.1) is 0 Å². The largest absolute Gasteiger partial charge is 0.393 e. The fraction of sp³-hybridized carbons (Fsp3) is 0.650. The zero-order chi connectivity index (χ0) is 21.5. The molecule has 2 aliphatic rings. The number of piperidine rings is 1. The minimum absolute atomic E-state index is 0.0692. The Morgan fingerprint density at radius 3 is 2.60 bits per heavy atom. The average molecular weight is 436 g/mol. The third-order valence-corrected chi connectivity index (χ3v) is 7.68. The van der Waals surface area contributed by atoms with Crippen LogP contribution in [0.15, 0.2) is 23.1 Å². The molecule has 30 heavy (non-hydrogen) atoms. The van der Waals surface area contributed by atoms with Crippen LogP contribution in [-0.4, -0.2) is 63.9 Å². The minimum atomic E-state index is -3.17. The number of hydrogen-bond donors (Lipinski definition) is 2. The lowest BCUT2D eigenvalue weighted by Gasteiger charge is -2.33. The lowest BCUT2D eigenvalue weighted by atomic mass is 9.84. The molecule has 1 saturated carbocycles. The Balaban J connectivity index is 1.60. The van der Waals surface area contributed by atoms with Crippen LogP contribution in [0.3, 0.4) is 0 Å². The van der Waals surface area contributed by atoms with E-state index in [0.29, 0.717) is 43.9 Å². The molecule has 0 spiro atoms. The number of aliphatic hydroxyl groups excluding tert-OH is 1. The van der Waals surface area contributed by atoms with Crippen molar-refractivity contribution in [2.75, 3.05) is 24.7 Å². The summed E-state index contributed by atoms with van der Waals surface area (Å²) in [5.74, 6) is 0.701. The second kappa shape index (κ2) is 8.24. The van der Waals surface area contributed by atoms with Crippen LogP contribution in [0.4, 0.5) is 5.95 Å². The van der Waals surface area contributed by atoms with Crippen LogP contribution < -0.4 is 10.9 Å². The molecule has 2 fully saturated rings. The van der Waals surface area contributed by atoms with Crippen LogP contribution in [-0.2, 0) is 10.0 Å². The molecule has 164 valence electrons. The van der Waals surface area contributed by atoms with Gasteiger partial charge in [-0.25, -0.2) is 17.7 Å². The van der Waals surface area contributed by atoms with E-state index in [0.717, 1.165) is 18.2 Å². The summed E-state index contributed by atoms with van der Waals surface area (Å²) in [4.78, 5) is 21.8. The molecule has 1 saturated heterocycles. The van der Waals surface area contributed by atoms with E-state index >= 15 is 0 Å². The Hall–Kier alpha value is -2.04. The lowest BCUT2D eigenvalue weighted by Crippen LogP contribution is -2.42. The molecule has 1 aliphatic heterocycles. The highest BCUT2D eigenvalue weighted by atomic mass is 32.2. The van der Waals surface area contributed by atoms with Gasteiger partial charge in [-0.3, -0.25) is 9.36 Å². The molecule has 4 rings (SSSR count). The summed E-state index contributed by atoms with van der Waals surface area (Å²) in [6.45, 7) is 3.04. The topological polar surface area (TPSA) is 117 Å². The monoisotopic (exact) mass is 435 g/mol. The molecule has 0 aromatic carbocycles. The maximum absolute atomic E-state index is 12.8. The van der Waals surface area contributed by atoms with Crippen LogP contribution in [0, 0.1) is 5.92 Å². The van der Waals surface area contributed by atoms with Crippen LogP contribution >= 0.6 is 0 Å². The van der Waals surface area contributed by atoms with Crippen molar-refractivity contribution in [2.45, 2.75) is 57.2 Å². The highest BCUT2D eigenvalue weighted by Gasteiger charge is 2.30. The Labute approximate surface area is 176 Å². The van der Waals surface area contributed by atoms with E-state index in [1.165, 1.54) is 16.6 Å². The third kappa shape index (κ3) is 4.35. The molecule has 1 aliphatic carbocycles. The first-order chi connectivity index (χ1) is 14.2. The zero-order valence-electron chi connectivity index (χ0n) is 17.4.